The van der Waals surface area contributed by atoms with Crippen LogP contribution in [-0.2, 0) is 23.6 Å². The Balaban J connectivity index is 0.000000303. The standard InChI is InChI=1S/C9H15BN2O4.C9H13IN2O2/c1-9(2,3)16-8(13)7-6(10(14)15)5-12(4)11-7;1-9(2,3)14-8(13)7-6(10)5-12(4)11-7/h5,14-15H,1-4H3;5H,1-4H3. The molecule has 0 atom stereocenters. The van der Waals surface area contributed by atoms with Crippen LogP contribution in [0.2, 0.25) is 0 Å². The third-order valence-corrected chi connectivity index (χ3v) is 3.89. The fraction of sp³-hybridized carbons (Fsp3) is 0.556. The van der Waals surface area contributed by atoms with Gasteiger partial charge in [-0.3, -0.25) is 9.36 Å². The highest BCUT2D eigenvalue weighted by atomic mass is 127. The molecule has 0 aliphatic rings. The van der Waals surface area contributed by atoms with E-state index in [-0.39, 0.29) is 17.1 Å². The molecule has 0 aromatic carbocycles. The third-order valence-electron chi connectivity index (χ3n) is 3.10. The lowest BCUT2D eigenvalue weighted by atomic mass is 9.80. The highest BCUT2D eigenvalue weighted by molar-refractivity contribution is 14.1. The average Bonchev–Trinajstić information content (AvgIpc) is 3.07. The molecule has 0 radical (unpaired) electrons. The van der Waals surface area contributed by atoms with Crippen molar-refractivity contribution in [2.45, 2.75) is 52.7 Å². The highest BCUT2D eigenvalue weighted by Gasteiger charge is 2.28. The first kappa shape index (κ1) is 26.1. The molecule has 0 aliphatic heterocycles. The van der Waals surface area contributed by atoms with Crippen molar-refractivity contribution < 1.29 is 29.1 Å². The first-order chi connectivity index (χ1) is 13.5. The van der Waals surface area contributed by atoms with E-state index in [1.165, 1.54) is 10.9 Å². The lowest BCUT2D eigenvalue weighted by Gasteiger charge is -2.18. The molecule has 2 heterocycles. The number of halogens is 1. The molecule has 0 unspecified atom stereocenters. The predicted molar refractivity (Wildman–Crippen MR) is 119 cm³/mol. The van der Waals surface area contributed by atoms with Crippen molar-refractivity contribution in [2.75, 3.05) is 0 Å². The molecular weight excluding hydrogens is 506 g/mol. The number of rotatable bonds is 3. The Morgan fingerprint density at radius 2 is 1.30 bits per heavy atom. The molecule has 166 valence electrons. The van der Waals surface area contributed by atoms with Crippen LogP contribution in [0.25, 0.3) is 0 Å². The SMILES string of the molecule is Cn1cc(B(O)O)c(C(=O)OC(C)(C)C)n1.Cn1cc(I)c(C(=O)OC(C)(C)C)n1. The lowest BCUT2D eigenvalue weighted by molar-refractivity contribution is 0.00497. The summed E-state index contributed by atoms with van der Waals surface area (Å²) in [4.78, 5) is 23.3. The van der Waals surface area contributed by atoms with Crippen LogP contribution < -0.4 is 5.46 Å². The first-order valence-corrected chi connectivity index (χ1v) is 10.1. The van der Waals surface area contributed by atoms with Gasteiger partial charge in [0.2, 0.25) is 0 Å². The Hall–Kier alpha value is -1.93. The summed E-state index contributed by atoms with van der Waals surface area (Å²) in [6.45, 7) is 10.7. The number of aromatic nitrogens is 4. The van der Waals surface area contributed by atoms with Crippen molar-refractivity contribution in [3.05, 3.63) is 27.4 Å². The largest absolute Gasteiger partial charge is 0.492 e. The monoisotopic (exact) mass is 534 g/mol. The van der Waals surface area contributed by atoms with E-state index >= 15 is 0 Å². The van der Waals surface area contributed by atoms with E-state index in [1.807, 2.05) is 20.8 Å². The molecule has 30 heavy (non-hydrogen) atoms. The van der Waals surface area contributed by atoms with E-state index in [4.69, 9.17) is 19.5 Å². The number of carbonyl (C=O) groups excluding carboxylic acids is 2. The summed E-state index contributed by atoms with van der Waals surface area (Å²) in [5.74, 6) is -1.04. The van der Waals surface area contributed by atoms with Crippen LogP contribution in [0.15, 0.2) is 12.4 Å². The molecule has 0 spiro atoms. The van der Waals surface area contributed by atoms with E-state index in [1.54, 1.807) is 45.7 Å². The van der Waals surface area contributed by atoms with Crippen LogP contribution in [0.3, 0.4) is 0 Å². The molecule has 0 saturated heterocycles. The minimum atomic E-state index is -1.74. The summed E-state index contributed by atoms with van der Waals surface area (Å²) in [7, 11) is 1.62. The minimum Gasteiger partial charge on any atom is -0.455 e. The molecule has 2 aromatic rings. The van der Waals surface area contributed by atoms with E-state index < -0.39 is 24.3 Å². The van der Waals surface area contributed by atoms with Gasteiger partial charge in [-0.05, 0) is 64.1 Å². The Labute approximate surface area is 189 Å². The van der Waals surface area contributed by atoms with E-state index in [2.05, 4.69) is 32.8 Å². The van der Waals surface area contributed by atoms with Crippen molar-refractivity contribution >= 4 is 47.1 Å². The maximum absolute atomic E-state index is 11.7. The maximum Gasteiger partial charge on any atom is 0.492 e. The number of ether oxygens (including phenoxy) is 2. The van der Waals surface area contributed by atoms with Gasteiger partial charge in [-0.2, -0.15) is 10.2 Å². The van der Waals surface area contributed by atoms with Crippen molar-refractivity contribution in [1.82, 2.24) is 19.6 Å². The predicted octanol–water partition coefficient (Wildman–Crippen LogP) is 1.04. The van der Waals surface area contributed by atoms with Crippen molar-refractivity contribution in [2.24, 2.45) is 14.1 Å². The van der Waals surface area contributed by atoms with Crippen LogP contribution in [0.5, 0.6) is 0 Å². The van der Waals surface area contributed by atoms with Gasteiger partial charge in [-0.15, -0.1) is 0 Å². The topological polar surface area (TPSA) is 129 Å². The highest BCUT2D eigenvalue weighted by Crippen LogP contribution is 2.15. The van der Waals surface area contributed by atoms with E-state index in [9.17, 15) is 9.59 Å². The van der Waals surface area contributed by atoms with Crippen LogP contribution in [-0.4, -0.2) is 59.9 Å². The Morgan fingerprint density at radius 3 is 1.67 bits per heavy atom. The average molecular weight is 534 g/mol. The van der Waals surface area contributed by atoms with Gasteiger partial charge in [0.25, 0.3) is 0 Å². The molecule has 2 rings (SSSR count). The summed E-state index contributed by atoms with van der Waals surface area (Å²) in [5.41, 5.74) is -0.781. The van der Waals surface area contributed by atoms with Gasteiger partial charge in [0.1, 0.15) is 11.2 Å². The molecule has 0 bridgehead atoms. The molecule has 0 aliphatic carbocycles. The Kier molecular flexibility index (Phi) is 8.63. The number of hydrogen-bond donors (Lipinski definition) is 2. The normalized spacial score (nSPS) is 11.4. The van der Waals surface area contributed by atoms with Gasteiger partial charge in [-0.1, -0.05) is 0 Å². The smallest absolute Gasteiger partial charge is 0.455 e. The maximum atomic E-state index is 11.7. The number of carbonyl (C=O) groups is 2. The Morgan fingerprint density at radius 1 is 0.900 bits per heavy atom. The second kappa shape index (κ2) is 9.92. The molecule has 0 saturated carbocycles. The summed E-state index contributed by atoms with van der Waals surface area (Å²) in [6.07, 6.45) is 3.14. The number of hydrogen-bond acceptors (Lipinski definition) is 8. The van der Waals surface area contributed by atoms with Crippen LogP contribution in [0.4, 0.5) is 0 Å². The summed E-state index contributed by atoms with van der Waals surface area (Å²) < 4.78 is 14.0. The Bertz CT molecular complexity index is 896. The fourth-order valence-electron chi connectivity index (χ4n) is 2.11. The van der Waals surface area contributed by atoms with Crippen LogP contribution >= 0.6 is 22.6 Å². The van der Waals surface area contributed by atoms with Crippen LogP contribution in [0.1, 0.15) is 62.5 Å². The lowest BCUT2D eigenvalue weighted by Crippen LogP contribution is -2.35. The number of aryl methyl sites for hydroxylation is 2. The third kappa shape index (κ3) is 8.44. The van der Waals surface area contributed by atoms with Crippen LogP contribution in [0, 0.1) is 3.57 Å². The number of esters is 2. The zero-order valence-electron chi connectivity index (χ0n) is 18.4. The summed E-state index contributed by atoms with van der Waals surface area (Å²) in [6, 6.07) is 0. The zero-order valence-corrected chi connectivity index (χ0v) is 20.6. The summed E-state index contributed by atoms with van der Waals surface area (Å²) in [5, 5.41) is 26.0. The van der Waals surface area contributed by atoms with Gasteiger partial charge >= 0.3 is 19.1 Å². The van der Waals surface area contributed by atoms with Gasteiger partial charge < -0.3 is 19.5 Å². The van der Waals surface area contributed by atoms with E-state index in [0.717, 1.165) is 3.57 Å². The molecule has 10 nitrogen and oxygen atoms in total. The van der Waals surface area contributed by atoms with Crippen molar-refractivity contribution in [1.29, 1.82) is 0 Å². The zero-order chi connectivity index (χ0) is 23.4. The minimum absolute atomic E-state index is 0.0387. The quantitative estimate of drug-likeness (QED) is 0.340. The first-order valence-electron chi connectivity index (χ1n) is 9.05. The van der Waals surface area contributed by atoms with Gasteiger partial charge in [0, 0.05) is 32.0 Å². The molecule has 2 aromatic heterocycles. The van der Waals surface area contributed by atoms with E-state index in [0.29, 0.717) is 5.69 Å². The molecule has 12 heteroatoms. The van der Waals surface area contributed by atoms with Crippen molar-refractivity contribution in [3.8, 4) is 0 Å². The molecular formula is C18H28BIN4O6. The second-order valence-corrected chi connectivity index (χ2v) is 9.65. The molecule has 0 amide bonds. The van der Waals surface area contributed by atoms with Crippen molar-refractivity contribution in [3.63, 3.8) is 0 Å². The van der Waals surface area contributed by atoms with Gasteiger partial charge in [0.15, 0.2) is 11.4 Å². The fourth-order valence-corrected chi connectivity index (χ4v) is 2.84. The molecule has 2 N–H and O–H groups in total. The van der Waals surface area contributed by atoms with Gasteiger partial charge in [0.05, 0.1) is 3.57 Å². The second-order valence-electron chi connectivity index (χ2n) is 8.48. The van der Waals surface area contributed by atoms with Gasteiger partial charge in [-0.25, -0.2) is 9.59 Å². The molecule has 0 fully saturated rings. The number of nitrogens with zero attached hydrogens (tertiary/aromatic N) is 4. The summed E-state index contributed by atoms with van der Waals surface area (Å²) >= 11 is 2.06.